The Labute approximate surface area is 189 Å². The van der Waals surface area contributed by atoms with Gasteiger partial charge in [0.15, 0.2) is 0 Å². The van der Waals surface area contributed by atoms with Crippen LogP contribution in [0.2, 0.25) is 0 Å². The number of carbonyl (C=O) groups excluding carboxylic acids is 3. The largest absolute Gasteiger partial charge is 0.480 e. The van der Waals surface area contributed by atoms with Gasteiger partial charge in [0.25, 0.3) is 0 Å². The molecule has 0 bridgehead atoms. The summed E-state index contributed by atoms with van der Waals surface area (Å²) in [5.41, 5.74) is 6.41. The van der Waals surface area contributed by atoms with Crippen molar-refractivity contribution in [3.05, 3.63) is 35.9 Å². The molecular formula is C23H36N4O5. The molecule has 0 saturated heterocycles. The number of amides is 3. The molecule has 0 radical (unpaired) electrons. The summed E-state index contributed by atoms with van der Waals surface area (Å²) in [5, 5.41) is 17.3. The molecule has 0 saturated carbocycles. The van der Waals surface area contributed by atoms with Crippen molar-refractivity contribution in [3.63, 3.8) is 0 Å². The summed E-state index contributed by atoms with van der Waals surface area (Å²) >= 11 is 0. The highest BCUT2D eigenvalue weighted by molar-refractivity contribution is 5.94. The van der Waals surface area contributed by atoms with Gasteiger partial charge in [0, 0.05) is 6.42 Å². The number of carbonyl (C=O) groups is 4. The maximum Gasteiger partial charge on any atom is 0.326 e. The van der Waals surface area contributed by atoms with Crippen molar-refractivity contribution in [1.29, 1.82) is 0 Å². The van der Waals surface area contributed by atoms with Crippen LogP contribution in [0.3, 0.4) is 0 Å². The number of nitrogens with one attached hydrogen (secondary N) is 3. The Hall–Kier alpha value is -2.94. The summed E-state index contributed by atoms with van der Waals surface area (Å²) in [4.78, 5) is 49.6. The highest BCUT2D eigenvalue weighted by Crippen LogP contribution is 2.09. The second-order valence-electron chi connectivity index (χ2n) is 8.80. The van der Waals surface area contributed by atoms with Crippen molar-refractivity contribution in [1.82, 2.24) is 16.0 Å². The summed E-state index contributed by atoms with van der Waals surface area (Å²) in [5.74, 6) is -3.01. The molecule has 0 aromatic heterocycles. The van der Waals surface area contributed by atoms with Gasteiger partial charge in [-0.15, -0.1) is 0 Å². The van der Waals surface area contributed by atoms with Crippen LogP contribution < -0.4 is 21.7 Å². The average molecular weight is 449 g/mol. The van der Waals surface area contributed by atoms with Crippen LogP contribution in [0.25, 0.3) is 0 Å². The van der Waals surface area contributed by atoms with E-state index in [0.717, 1.165) is 5.56 Å². The number of carboxylic acids is 1. The van der Waals surface area contributed by atoms with Crippen molar-refractivity contribution < 1.29 is 24.3 Å². The van der Waals surface area contributed by atoms with E-state index in [9.17, 15) is 24.3 Å². The number of hydrogen-bond donors (Lipinski definition) is 5. The number of benzene rings is 1. The van der Waals surface area contributed by atoms with Gasteiger partial charge in [-0.2, -0.15) is 0 Å². The second-order valence-corrected chi connectivity index (χ2v) is 8.80. The van der Waals surface area contributed by atoms with Crippen LogP contribution in [0.5, 0.6) is 0 Å². The van der Waals surface area contributed by atoms with Crippen molar-refractivity contribution in [2.24, 2.45) is 17.6 Å². The third-order valence-corrected chi connectivity index (χ3v) is 4.90. The molecule has 4 unspecified atom stereocenters. The highest BCUT2D eigenvalue weighted by Gasteiger charge is 2.31. The fraction of sp³-hybridized carbons (Fsp3) is 0.565. The molecule has 0 spiro atoms. The summed E-state index contributed by atoms with van der Waals surface area (Å²) in [6, 6.07) is 5.30. The lowest BCUT2D eigenvalue weighted by atomic mass is 9.99. The molecule has 1 aromatic rings. The van der Waals surface area contributed by atoms with E-state index in [2.05, 4.69) is 16.0 Å². The van der Waals surface area contributed by atoms with E-state index in [1.807, 2.05) is 44.2 Å². The van der Waals surface area contributed by atoms with Crippen molar-refractivity contribution in [3.8, 4) is 0 Å². The van der Waals surface area contributed by atoms with Crippen LogP contribution in [0.15, 0.2) is 30.3 Å². The number of carboxylic acid groups (broad SMARTS) is 1. The topological polar surface area (TPSA) is 151 Å². The molecule has 1 rings (SSSR count). The van der Waals surface area contributed by atoms with Crippen LogP contribution in [-0.4, -0.2) is 53.0 Å². The monoisotopic (exact) mass is 448 g/mol. The Kier molecular flexibility index (Phi) is 10.8. The molecule has 32 heavy (non-hydrogen) atoms. The zero-order valence-corrected chi connectivity index (χ0v) is 19.4. The van der Waals surface area contributed by atoms with Crippen LogP contribution in [0.1, 0.15) is 46.6 Å². The Balaban J connectivity index is 3.10. The zero-order valence-electron chi connectivity index (χ0n) is 19.4. The molecule has 0 heterocycles. The minimum absolute atomic E-state index is 0.0952. The van der Waals surface area contributed by atoms with Crippen LogP contribution in [-0.2, 0) is 25.6 Å². The Morgan fingerprint density at radius 1 is 0.844 bits per heavy atom. The Morgan fingerprint density at radius 2 is 1.38 bits per heavy atom. The fourth-order valence-electron chi connectivity index (χ4n) is 3.10. The number of rotatable bonds is 12. The van der Waals surface area contributed by atoms with Gasteiger partial charge < -0.3 is 26.8 Å². The molecule has 1 aromatic carbocycles. The predicted molar refractivity (Wildman–Crippen MR) is 122 cm³/mol. The van der Waals surface area contributed by atoms with E-state index in [1.54, 1.807) is 13.8 Å². The smallest absolute Gasteiger partial charge is 0.326 e. The molecule has 4 atom stereocenters. The minimum atomic E-state index is -1.15. The maximum absolute atomic E-state index is 13.0. The first-order valence-electron chi connectivity index (χ1n) is 10.9. The van der Waals surface area contributed by atoms with Gasteiger partial charge in [0.2, 0.25) is 17.7 Å². The van der Waals surface area contributed by atoms with E-state index in [-0.39, 0.29) is 18.3 Å². The van der Waals surface area contributed by atoms with E-state index in [0.29, 0.717) is 6.42 Å². The quantitative estimate of drug-likeness (QED) is 0.319. The van der Waals surface area contributed by atoms with E-state index >= 15 is 0 Å². The fourth-order valence-corrected chi connectivity index (χ4v) is 3.10. The van der Waals surface area contributed by atoms with Gasteiger partial charge in [0.05, 0.1) is 6.04 Å². The van der Waals surface area contributed by atoms with Crippen molar-refractivity contribution in [2.45, 2.75) is 71.6 Å². The van der Waals surface area contributed by atoms with E-state index < -0.39 is 47.9 Å². The zero-order chi connectivity index (χ0) is 24.4. The summed E-state index contributed by atoms with van der Waals surface area (Å²) in [6.45, 7) is 8.71. The lowest BCUT2D eigenvalue weighted by molar-refractivity contribution is -0.143. The summed E-state index contributed by atoms with van der Waals surface area (Å²) < 4.78 is 0. The third kappa shape index (κ3) is 9.05. The van der Waals surface area contributed by atoms with Gasteiger partial charge in [-0.05, 0) is 30.7 Å². The Morgan fingerprint density at radius 3 is 1.84 bits per heavy atom. The number of hydrogen-bond acceptors (Lipinski definition) is 5. The predicted octanol–water partition coefficient (Wildman–Crippen LogP) is 0.817. The van der Waals surface area contributed by atoms with E-state index in [4.69, 9.17) is 5.73 Å². The first-order chi connectivity index (χ1) is 14.9. The molecule has 9 heteroatoms. The van der Waals surface area contributed by atoms with Crippen molar-refractivity contribution >= 4 is 23.7 Å². The van der Waals surface area contributed by atoms with Crippen LogP contribution in [0, 0.1) is 11.8 Å². The molecule has 0 aliphatic heterocycles. The molecule has 9 nitrogen and oxygen atoms in total. The van der Waals surface area contributed by atoms with Gasteiger partial charge in [-0.1, -0.05) is 58.0 Å². The number of nitrogens with two attached hydrogens (primary N) is 1. The SMILES string of the molecule is CC(C)CC(NC(=O)C(C)N)C(=O)NC(Cc1ccccc1)C(=O)NC(C(=O)O)C(C)C. The van der Waals surface area contributed by atoms with Crippen LogP contribution >= 0.6 is 0 Å². The normalized spacial score (nSPS) is 14.9. The van der Waals surface area contributed by atoms with Gasteiger partial charge >= 0.3 is 5.97 Å². The second kappa shape index (κ2) is 12.8. The summed E-state index contributed by atoms with van der Waals surface area (Å²) in [7, 11) is 0. The van der Waals surface area contributed by atoms with Gasteiger partial charge in [-0.3, -0.25) is 14.4 Å². The molecule has 0 aliphatic carbocycles. The van der Waals surface area contributed by atoms with Crippen LogP contribution in [0.4, 0.5) is 0 Å². The highest BCUT2D eigenvalue weighted by atomic mass is 16.4. The molecular weight excluding hydrogens is 412 g/mol. The first kappa shape index (κ1) is 27.1. The molecule has 6 N–H and O–H groups in total. The molecule has 178 valence electrons. The van der Waals surface area contributed by atoms with Gasteiger partial charge in [-0.25, -0.2) is 4.79 Å². The van der Waals surface area contributed by atoms with Gasteiger partial charge in [0.1, 0.15) is 18.1 Å². The minimum Gasteiger partial charge on any atom is -0.480 e. The molecule has 0 aliphatic rings. The van der Waals surface area contributed by atoms with E-state index in [1.165, 1.54) is 6.92 Å². The lowest BCUT2D eigenvalue weighted by Crippen LogP contribution is -2.58. The Bertz CT molecular complexity index is 780. The maximum atomic E-state index is 13.0. The first-order valence-corrected chi connectivity index (χ1v) is 10.9. The lowest BCUT2D eigenvalue weighted by Gasteiger charge is -2.26. The summed E-state index contributed by atoms with van der Waals surface area (Å²) in [6.07, 6.45) is 0.520. The average Bonchev–Trinajstić information content (AvgIpc) is 2.70. The standard InChI is InChI=1S/C23H36N4O5/c1-13(2)11-17(25-20(28)15(5)24)21(29)26-18(12-16-9-7-6-8-10-16)22(30)27-19(14(3)4)23(31)32/h6-10,13-15,17-19H,11-12,24H2,1-5H3,(H,25,28)(H,26,29)(H,27,30)(H,31,32). The number of aliphatic carboxylic acids is 1. The molecule has 0 fully saturated rings. The van der Waals surface area contributed by atoms with Crippen molar-refractivity contribution in [2.75, 3.05) is 0 Å². The third-order valence-electron chi connectivity index (χ3n) is 4.90. The molecule has 3 amide bonds.